The van der Waals surface area contributed by atoms with Crippen molar-refractivity contribution >= 4 is 11.4 Å². The monoisotopic (exact) mass is 267 g/mol. The van der Waals surface area contributed by atoms with Crippen LogP contribution >= 0.6 is 0 Å². The van der Waals surface area contributed by atoms with E-state index < -0.39 is 0 Å². The van der Waals surface area contributed by atoms with Gasteiger partial charge in [-0.3, -0.25) is 0 Å². The van der Waals surface area contributed by atoms with Crippen molar-refractivity contribution in [1.29, 1.82) is 0 Å². The second-order valence-electron chi connectivity index (χ2n) is 5.94. The third-order valence-corrected chi connectivity index (χ3v) is 4.54. The van der Waals surface area contributed by atoms with Crippen molar-refractivity contribution in [2.75, 3.05) is 11.9 Å². The van der Waals surface area contributed by atoms with Gasteiger partial charge in [-0.05, 0) is 87.1 Å². The Morgan fingerprint density at radius 2 is 1.30 bits per heavy atom. The molecular formula is C19H25N. The van der Waals surface area contributed by atoms with E-state index >= 15 is 0 Å². The molecule has 0 spiro atoms. The first-order valence-electron chi connectivity index (χ1n) is 7.21. The highest BCUT2D eigenvalue weighted by Crippen LogP contribution is 2.33. The number of benzene rings is 2. The second kappa shape index (κ2) is 5.32. The van der Waals surface area contributed by atoms with E-state index in [-0.39, 0.29) is 0 Å². The summed E-state index contributed by atoms with van der Waals surface area (Å²) in [4.78, 5) is 2.32. The molecule has 20 heavy (non-hydrogen) atoms. The maximum Gasteiger partial charge on any atom is 0.0443 e. The van der Waals surface area contributed by atoms with Crippen LogP contribution in [0, 0.1) is 41.5 Å². The summed E-state index contributed by atoms with van der Waals surface area (Å²) in [6.45, 7) is 13.2. The molecule has 2 aromatic carbocycles. The first-order valence-corrected chi connectivity index (χ1v) is 7.21. The topological polar surface area (TPSA) is 3.24 Å². The lowest BCUT2D eigenvalue weighted by Crippen LogP contribution is -2.14. The summed E-state index contributed by atoms with van der Waals surface area (Å²) in [6, 6.07) is 8.94. The van der Waals surface area contributed by atoms with Crippen LogP contribution in [-0.2, 0) is 0 Å². The lowest BCUT2D eigenvalue weighted by atomic mass is 9.97. The smallest absolute Gasteiger partial charge is 0.0443 e. The standard InChI is InChI=1S/C19H25N/c1-12-8-9-13(2)18(10-12)20(7)19-11-14(3)15(4)16(5)17(19)6/h8-11H,1-7H3. The largest absolute Gasteiger partial charge is 0.344 e. The molecule has 2 rings (SSSR count). The molecule has 0 aromatic heterocycles. The molecule has 0 saturated heterocycles. The van der Waals surface area contributed by atoms with Gasteiger partial charge in [0.2, 0.25) is 0 Å². The number of hydrogen-bond donors (Lipinski definition) is 0. The Kier molecular flexibility index (Phi) is 3.89. The highest BCUT2D eigenvalue weighted by Gasteiger charge is 2.13. The Morgan fingerprint density at radius 3 is 1.95 bits per heavy atom. The third kappa shape index (κ3) is 2.45. The van der Waals surface area contributed by atoms with Gasteiger partial charge in [0.15, 0.2) is 0 Å². The maximum absolute atomic E-state index is 2.32. The van der Waals surface area contributed by atoms with Gasteiger partial charge in [0.1, 0.15) is 0 Å². The van der Waals surface area contributed by atoms with E-state index in [1.165, 1.54) is 44.8 Å². The van der Waals surface area contributed by atoms with Crippen LogP contribution in [0.1, 0.15) is 33.4 Å². The van der Waals surface area contributed by atoms with Crippen LogP contribution in [0.2, 0.25) is 0 Å². The highest BCUT2D eigenvalue weighted by atomic mass is 15.1. The third-order valence-electron chi connectivity index (χ3n) is 4.54. The number of rotatable bonds is 2. The van der Waals surface area contributed by atoms with E-state index in [2.05, 4.69) is 77.8 Å². The van der Waals surface area contributed by atoms with Crippen LogP contribution in [-0.4, -0.2) is 7.05 Å². The highest BCUT2D eigenvalue weighted by molar-refractivity contribution is 5.71. The fourth-order valence-corrected chi connectivity index (χ4v) is 2.75. The molecule has 1 nitrogen and oxygen atoms in total. The number of hydrogen-bond acceptors (Lipinski definition) is 1. The molecule has 1 heteroatoms. The quantitative estimate of drug-likeness (QED) is 0.713. The molecule has 0 fully saturated rings. The molecule has 0 N–H and O–H groups in total. The van der Waals surface area contributed by atoms with Crippen LogP contribution in [0.25, 0.3) is 0 Å². The Balaban J connectivity index is 2.59. The zero-order valence-corrected chi connectivity index (χ0v) is 13.8. The van der Waals surface area contributed by atoms with Gasteiger partial charge in [-0.1, -0.05) is 12.1 Å². The van der Waals surface area contributed by atoms with Gasteiger partial charge >= 0.3 is 0 Å². The number of aryl methyl sites for hydroxylation is 3. The van der Waals surface area contributed by atoms with Gasteiger partial charge in [-0.15, -0.1) is 0 Å². The fourth-order valence-electron chi connectivity index (χ4n) is 2.75. The summed E-state index contributed by atoms with van der Waals surface area (Å²) in [5.41, 5.74) is 10.7. The first kappa shape index (κ1) is 14.6. The van der Waals surface area contributed by atoms with Crippen LogP contribution in [0.15, 0.2) is 24.3 Å². The van der Waals surface area contributed by atoms with Gasteiger partial charge in [-0.2, -0.15) is 0 Å². The van der Waals surface area contributed by atoms with Crippen LogP contribution < -0.4 is 4.90 Å². The molecule has 0 radical (unpaired) electrons. The average molecular weight is 267 g/mol. The molecule has 0 unspecified atom stereocenters. The van der Waals surface area contributed by atoms with Gasteiger partial charge < -0.3 is 4.90 Å². The Hall–Kier alpha value is -1.76. The van der Waals surface area contributed by atoms with E-state index in [1.54, 1.807) is 0 Å². The van der Waals surface area contributed by atoms with E-state index in [0.29, 0.717) is 0 Å². The number of nitrogens with zero attached hydrogens (tertiary/aromatic N) is 1. The molecular weight excluding hydrogens is 242 g/mol. The Morgan fingerprint density at radius 1 is 0.650 bits per heavy atom. The number of anilines is 2. The fraction of sp³-hybridized carbons (Fsp3) is 0.368. The van der Waals surface area contributed by atoms with Crippen LogP contribution in [0.5, 0.6) is 0 Å². The Bertz CT molecular complexity index is 653. The predicted octanol–water partition coefficient (Wildman–Crippen LogP) is 5.31. The van der Waals surface area contributed by atoms with Gasteiger partial charge in [0.25, 0.3) is 0 Å². The summed E-state index contributed by atoms with van der Waals surface area (Å²) in [5, 5.41) is 0. The van der Waals surface area contributed by atoms with Gasteiger partial charge in [-0.25, -0.2) is 0 Å². The maximum atomic E-state index is 2.32. The first-order chi connectivity index (χ1) is 9.32. The molecule has 0 heterocycles. The molecule has 0 aliphatic rings. The molecule has 106 valence electrons. The van der Waals surface area contributed by atoms with Crippen molar-refractivity contribution in [3.05, 3.63) is 57.6 Å². The molecule has 0 amide bonds. The molecule has 2 aromatic rings. The predicted molar refractivity (Wildman–Crippen MR) is 89.4 cm³/mol. The summed E-state index contributed by atoms with van der Waals surface area (Å²) in [7, 11) is 2.16. The van der Waals surface area contributed by atoms with E-state index in [9.17, 15) is 0 Å². The minimum absolute atomic E-state index is 1.29. The minimum Gasteiger partial charge on any atom is -0.344 e. The van der Waals surface area contributed by atoms with Gasteiger partial charge in [0.05, 0.1) is 0 Å². The Labute approximate surface area is 123 Å². The molecule has 0 aliphatic carbocycles. The van der Waals surface area contributed by atoms with Crippen LogP contribution in [0.4, 0.5) is 11.4 Å². The summed E-state index contributed by atoms with van der Waals surface area (Å²) >= 11 is 0. The second-order valence-corrected chi connectivity index (χ2v) is 5.94. The van der Waals surface area contributed by atoms with E-state index in [4.69, 9.17) is 0 Å². The van der Waals surface area contributed by atoms with Crippen LogP contribution in [0.3, 0.4) is 0 Å². The van der Waals surface area contributed by atoms with Crippen molar-refractivity contribution in [2.24, 2.45) is 0 Å². The SMILES string of the molecule is Cc1ccc(C)c(N(C)c2cc(C)c(C)c(C)c2C)c1. The average Bonchev–Trinajstić information content (AvgIpc) is 2.42. The van der Waals surface area contributed by atoms with Crippen molar-refractivity contribution in [2.45, 2.75) is 41.5 Å². The van der Waals surface area contributed by atoms with Gasteiger partial charge in [0, 0.05) is 18.4 Å². The van der Waals surface area contributed by atoms with Crippen molar-refractivity contribution in [3.8, 4) is 0 Å². The van der Waals surface area contributed by atoms with Crippen molar-refractivity contribution < 1.29 is 0 Å². The molecule has 0 saturated carbocycles. The summed E-state index contributed by atoms with van der Waals surface area (Å²) < 4.78 is 0. The summed E-state index contributed by atoms with van der Waals surface area (Å²) in [6.07, 6.45) is 0. The summed E-state index contributed by atoms with van der Waals surface area (Å²) in [5.74, 6) is 0. The molecule has 0 bridgehead atoms. The zero-order chi connectivity index (χ0) is 15.0. The minimum atomic E-state index is 1.29. The van der Waals surface area contributed by atoms with Crippen molar-refractivity contribution in [1.82, 2.24) is 0 Å². The molecule has 0 atom stereocenters. The zero-order valence-electron chi connectivity index (χ0n) is 13.8. The van der Waals surface area contributed by atoms with E-state index in [1.807, 2.05) is 0 Å². The lowest BCUT2D eigenvalue weighted by Gasteiger charge is -2.26. The molecule has 0 aliphatic heterocycles. The van der Waals surface area contributed by atoms with E-state index in [0.717, 1.165) is 0 Å². The van der Waals surface area contributed by atoms with Crippen molar-refractivity contribution in [3.63, 3.8) is 0 Å². The normalized spacial score (nSPS) is 10.8. The lowest BCUT2D eigenvalue weighted by molar-refractivity contribution is 1.12.